The maximum atomic E-state index is 7.37. The summed E-state index contributed by atoms with van der Waals surface area (Å²) < 4.78 is 39.4. The minimum Gasteiger partial charge on any atom is -0.397 e. The molecule has 1 aromatic rings. The smallest absolute Gasteiger partial charge is 0.0884 e. The van der Waals surface area contributed by atoms with Crippen molar-refractivity contribution in [3.63, 3.8) is 0 Å². The van der Waals surface area contributed by atoms with Crippen LogP contribution < -0.4 is 5.73 Å². The summed E-state index contributed by atoms with van der Waals surface area (Å²) in [7, 11) is -2.81. The van der Waals surface area contributed by atoms with E-state index >= 15 is 0 Å². The largest absolute Gasteiger partial charge is 0.397 e. The quantitative estimate of drug-likeness (QED) is 0.666. The number of aromatic nitrogens is 1. The van der Waals surface area contributed by atoms with Crippen molar-refractivity contribution < 1.29 is 11.6 Å². The molecule has 0 aliphatic carbocycles. The standard InChI is InChI=1S/C7H10N2O/c1-10-5-7-3-2-6(8)4-9-7/h2-4H,5,8H2,1H3/i1D3,5D2. The first kappa shape index (κ1) is 2.88. The Bertz CT molecular complexity index is 334. The molecule has 0 bridgehead atoms. The number of nitrogens with two attached hydrogens (primary N) is 1. The highest BCUT2D eigenvalue weighted by Gasteiger charge is 1.90. The number of ether oxygens (including phenoxy) is 1. The normalized spacial score (nSPS) is 19.8. The number of nitrogens with zero attached hydrogens (tertiary/aromatic N) is 1. The molecule has 3 nitrogen and oxygen atoms in total. The van der Waals surface area contributed by atoms with Gasteiger partial charge in [0.1, 0.15) is 0 Å². The third-order valence-electron chi connectivity index (χ3n) is 0.942. The Labute approximate surface area is 66.9 Å². The van der Waals surface area contributed by atoms with Gasteiger partial charge in [-0.05, 0) is 12.1 Å². The third-order valence-corrected chi connectivity index (χ3v) is 0.942. The summed E-state index contributed by atoms with van der Waals surface area (Å²) >= 11 is 0. The van der Waals surface area contributed by atoms with Gasteiger partial charge < -0.3 is 10.5 Å². The van der Waals surface area contributed by atoms with Gasteiger partial charge in [0.25, 0.3) is 0 Å². The summed E-state index contributed by atoms with van der Waals surface area (Å²) in [6.45, 7) is -2.46. The number of anilines is 1. The third kappa shape index (κ3) is 1.70. The lowest BCUT2D eigenvalue weighted by molar-refractivity contribution is 0.181. The van der Waals surface area contributed by atoms with Crippen LogP contribution in [0.2, 0.25) is 0 Å². The van der Waals surface area contributed by atoms with Crippen molar-refractivity contribution in [1.29, 1.82) is 0 Å². The number of nitrogen functional groups attached to an aromatic ring is 1. The molecule has 0 amide bonds. The van der Waals surface area contributed by atoms with Crippen LogP contribution in [0.5, 0.6) is 0 Å². The number of hydrogen-bond donors (Lipinski definition) is 1. The van der Waals surface area contributed by atoms with Crippen LogP contribution >= 0.6 is 0 Å². The molecule has 0 aliphatic rings. The molecule has 0 fully saturated rings. The van der Waals surface area contributed by atoms with E-state index in [1.54, 1.807) is 0 Å². The zero-order valence-corrected chi connectivity index (χ0v) is 5.16. The maximum Gasteiger partial charge on any atom is 0.0884 e. The molecule has 0 spiro atoms. The maximum absolute atomic E-state index is 7.37. The van der Waals surface area contributed by atoms with E-state index in [0.29, 0.717) is 5.69 Å². The van der Waals surface area contributed by atoms with Crippen molar-refractivity contribution in [2.24, 2.45) is 0 Å². The van der Waals surface area contributed by atoms with Gasteiger partial charge in [-0.1, -0.05) is 0 Å². The van der Waals surface area contributed by atoms with E-state index in [0.717, 1.165) is 0 Å². The highest BCUT2D eigenvalue weighted by molar-refractivity contribution is 5.34. The lowest BCUT2D eigenvalue weighted by atomic mass is 10.3. The van der Waals surface area contributed by atoms with E-state index in [9.17, 15) is 0 Å². The number of rotatable bonds is 2. The van der Waals surface area contributed by atoms with E-state index in [2.05, 4.69) is 9.72 Å². The van der Waals surface area contributed by atoms with E-state index in [-0.39, 0.29) is 5.69 Å². The van der Waals surface area contributed by atoms with Crippen LogP contribution in [-0.4, -0.2) is 12.0 Å². The van der Waals surface area contributed by atoms with Crippen LogP contribution in [0.4, 0.5) is 5.69 Å². The van der Waals surface area contributed by atoms with Gasteiger partial charge in [0, 0.05) is 7.04 Å². The molecule has 0 atom stereocenters. The van der Waals surface area contributed by atoms with Gasteiger partial charge in [-0.25, -0.2) is 0 Å². The van der Waals surface area contributed by atoms with Gasteiger partial charge in [-0.2, -0.15) is 0 Å². The summed E-state index contributed by atoms with van der Waals surface area (Å²) in [6.07, 6.45) is 1.23. The highest BCUT2D eigenvalue weighted by atomic mass is 16.5. The van der Waals surface area contributed by atoms with Gasteiger partial charge in [-0.15, -0.1) is 0 Å². The van der Waals surface area contributed by atoms with E-state index in [1.807, 2.05) is 0 Å². The van der Waals surface area contributed by atoms with Crippen LogP contribution in [-0.2, 0) is 11.3 Å². The lowest BCUT2D eigenvalue weighted by Crippen LogP contribution is -1.93. The first-order valence-electron chi connectivity index (χ1n) is 5.13. The number of pyridine rings is 1. The molecule has 0 saturated carbocycles. The summed E-state index contributed by atoms with van der Waals surface area (Å²) in [6, 6.07) is 2.70. The van der Waals surface area contributed by atoms with Gasteiger partial charge in [-0.3, -0.25) is 4.98 Å². The van der Waals surface area contributed by atoms with Gasteiger partial charge in [0.2, 0.25) is 0 Å². The van der Waals surface area contributed by atoms with Crippen molar-refractivity contribution in [2.45, 2.75) is 6.56 Å². The molecular formula is C7H10N2O. The predicted octanol–water partition coefficient (Wildman–Crippen LogP) is 0.810. The molecule has 1 rings (SSSR count). The summed E-state index contributed by atoms with van der Waals surface area (Å²) in [5.74, 6) is 0. The summed E-state index contributed by atoms with van der Waals surface area (Å²) in [4.78, 5) is 3.66. The molecule has 0 unspecified atom stereocenters. The SMILES string of the molecule is [2H]C([2H])([2H])OC([2H])([2H])c1ccc(N)cn1. The molecule has 0 radical (unpaired) electrons. The Balaban J connectivity index is 2.90. The second-order valence-corrected chi connectivity index (χ2v) is 1.68. The fraction of sp³-hybridized carbons (Fsp3) is 0.286. The number of hydrogen-bond acceptors (Lipinski definition) is 3. The lowest BCUT2D eigenvalue weighted by Gasteiger charge is -1.97. The van der Waals surface area contributed by atoms with Crippen molar-refractivity contribution >= 4 is 5.69 Å². The minimum absolute atomic E-state index is 0.132. The van der Waals surface area contributed by atoms with Crippen molar-refractivity contribution in [1.82, 2.24) is 4.98 Å². The average molecular weight is 143 g/mol. The van der Waals surface area contributed by atoms with Crippen molar-refractivity contribution in [3.8, 4) is 0 Å². The Hall–Kier alpha value is -1.09. The molecule has 3 heteroatoms. The molecule has 1 aromatic heterocycles. The monoisotopic (exact) mass is 143 g/mol. The fourth-order valence-electron chi connectivity index (χ4n) is 0.518. The zero-order valence-electron chi connectivity index (χ0n) is 10.2. The summed E-state index contributed by atoms with van der Waals surface area (Å²) in [5.41, 5.74) is 5.59. The molecular weight excluding hydrogens is 128 g/mol. The minimum atomic E-state index is -2.81. The van der Waals surface area contributed by atoms with Crippen LogP contribution in [0.15, 0.2) is 18.3 Å². The molecule has 54 valence electrons. The molecule has 2 N–H and O–H groups in total. The van der Waals surface area contributed by atoms with Crippen molar-refractivity contribution in [3.05, 3.63) is 24.0 Å². The second kappa shape index (κ2) is 3.17. The van der Waals surface area contributed by atoms with Gasteiger partial charge in [0.15, 0.2) is 0 Å². The molecule has 10 heavy (non-hydrogen) atoms. The first-order valence-corrected chi connectivity index (χ1v) is 2.63. The van der Waals surface area contributed by atoms with Gasteiger partial charge >= 0.3 is 0 Å². The van der Waals surface area contributed by atoms with Crippen molar-refractivity contribution in [2.75, 3.05) is 12.8 Å². The van der Waals surface area contributed by atoms with E-state index in [1.165, 1.54) is 18.3 Å². The Kier molecular flexibility index (Phi) is 0.914. The van der Waals surface area contributed by atoms with Crippen LogP contribution in [0.25, 0.3) is 0 Å². The highest BCUT2D eigenvalue weighted by Crippen LogP contribution is 2.01. The van der Waals surface area contributed by atoms with Gasteiger partial charge in [0.05, 0.1) is 31.0 Å². The Morgan fingerprint density at radius 2 is 2.80 bits per heavy atom. The second-order valence-electron chi connectivity index (χ2n) is 1.68. The van der Waals surface area contributed by atoms with Crippen LogP contribution in [0.1, 0.15) is 12.5 Å². The van der Waals surface area contributed by atoms with Crippen LogP contribution in [0.3, 0.4) is 0 Å². The fourth-order valence-corrected chi connectivity index (χ4v) is 0.518. The Morgan fingerprint density at radius 1 is 1.90 bits per heavy atom. The average Bonchev–Trinajstić information content (AvgIpc) is 2.00. The predicted molar refractivity (Wildman–Crippen MR) is 39.4 cm³/mol. The topological polar surface area (TPSA) is 48.1 Å². The number of methoxy groups -OCH3 is 1. The Morgan fingerprint density at radius 3 is 3.40 bits per heavy atom. The zero-order chi connectivity index (χ0) is 11.7. The summed E-state index contributed by atoms with van der Waals surface area (Å²) in [5, 5.41) is 0. The molecule has 0 saturated heterocycles. The van der Waals surface area contributed by atoms with Crippen LogP contribution in [0, 0.1) is 0 Å². The first-order chi connectivity index (χ1) is 6.71. The van der Waals surface area contributed by atoms with E-state index in [4.69, 9.17) is 12.6 Å². The van der Waals surface area contributed by atoms with E-state index < -0.39 is 13.6 Å². The molecule has 0 aromatic carbocycles. The molecule has 0 aliphatic heterocycles. The molecule has 1 heterocycles.